The van der Waals surface area contributed by atoms with Crippen molar-refractivity contribution < 1.29 is 9.18 Å². The van der Waals surface area contributed by atoms with E-state index in [2.05, 4.69) is 5.10 Å². The van der Waals surface area contributed by atoms with Crippen LogP contribution in [0.4, 0.5) is 4.39 Å². The normalized spacial score (nSPS) is 10.9. The fourth-order valence-electron chi connectivity index (χ4n) is 1.93. The van der Waals surface area contributed by atoms with Crippen molar-refractivity contribution in [3.63, 3.8) is 0 Å². The summed E-state index contributed by atoms with van der Waals surface area (Å²) in [7, 11) is 0. The van der Waals surface area contributed by atoms with E-state index in [-0.39, 0.29) is 17.6 Å². The van der Waals surface area contributed by atoms with Crippen LogP contribution in [0, 0.1) is 5.82 Å². The Balaban J connectivity index is 2.72. The van der Waals surface area contributed by atoms with Gasteiger partial charge in [-0.2, -0.15) is 5.10 Å². The molecule has 4 heteroatoms. The van der Waals surface area contributed by atoms with E-state index in [0.29, 0.717) is 16.8 Å². The smallest absolute Gasteiger partial charge is 0.163 e. The Morgan fingerprint density at radius 1 is 1.33 bits per heavy atom. The lowest BCUT2D eigenvalue weighted by Gasteiger charge is -2.12. The molecule has 0 atom stereocenters. The number of Topliss-reactive ketones (excluding diaryl/α,β-unsaturated/α-hetero) is 1. The molecule has 0 saturated heterocycles. The third kappa shape index (κ3) is 2.06. The van der Waals surface area contributed by atoms with Gasteiger partial charge in [0, 0.05) is 11.6 Å². The summed E-state index contributed by atoms with van der Waals surface area (Å²) in [6.07, 6.45) is 1.50. The van der Waals surface area contributed by atoms with Crippen molar-refractivity contribution in [3.05, 3.63) is 41.8 Å². The number of carbonyl (C=O) groups is 1. The van der Waals surface area contributed by atoms with Crippen LogP contribution in [-0.4, -0.2) is 15.6 Å². The summed E-state index contributed by atoms with van der Waals surface area (Å²) < 4.78 is 15.6. The zero-order valence-corrected chi connectivity index (χ0v) is 10.6. The minimum absolute atomic E-state index is 0.0627. The molecule has 0 unspecified atom stereocenters. The van der Waals surface area contributed by atoms with Gasteiger partial charge in [-0.3, -0.25) is 9.48 Å². The van der Waals surface area contributed by atoms with E-state index in [1.165, 1.54) is 19.2 Å². The lowest BCUT2D eigenvalue weighted by Crippen LogP contribution is -2.07. The molecule has 1 aromatic heterocycles. The van der Waals surface area contributed by atoms with Gasteiger partial charge in [-0.05, 0) is 32.9 Å². The van der Waals surface area contributed by atoms with E-state index in [4.69, 9.17) is 0 Å². The van der Waals surface area contributed by atoms with Crippen molar-refractivity contribution in [2.45, 2.75) is 26.8 Å². The fraction of sp³-hybridized carbons (Fsp3) is 0.286. The maximum atomic E-state index is 13.9. The first kappa shape index (κ1) is 12.5. The molecule has 2 aromatic rings. The molecule has 0 fully saturated rings. The van der Waals surface area contributed by atoms with E-state index < -0.39 is 0 Å². The van der Waals surface area contributed by atoms with Crippen LogP contribution in [0.15, 0.2) is 30.5 Å². The van der Waals surface area contributed by atoms with Crippen LogP contribution in [0.5, 0.6) is 0 Å². The summed E-state index contributed by atoms with van der Waals surface area (Å²) in [4.78, 5) is 11.6. The molecule has 0 radical (unpaired) electrons. The number of ketones is 1. The number of halogens is 1. The Bertz CT molecular complexity index is 587. The van der Waals surface area contributed by atoms with Gasteiger partial charge >= 0.3 is 0 Å². The Morgan fingerprint density at radius 2 is 2.00 bits per heavy atom. The summed E-state index contributed by atoms with van der Waals surface area (Å²) in [6.45, 7) is 5.36. The Kier molecular flexibility index (Phi) is 3.28. The second kappa shape index (κ2) is 4.72. The Morgan fingerprint density at radius 3 is 2.56 bits per heavy atom. The summed E-state index contributed by atoms with van der Waals surface area (Å²) in [6, 6.07) is 6.49. The predicted octanol–water partition coefficient (Wildman–Crippen LogP) is 3.47. The molecular weight excluding hydrogens is 231 g/mol. The van der Waals surface area contributed by atoms with Gasteiger partial charge in [-0.1, -0.05) is 12.1 Å². The number of rotatable bonds is 3. The van der Waals surface area contributed by atoms with E-state index in [1.54, 1.807) is 22.9 Å². The highest BCUT2D eigenvalue weighted by Gasteiger charge is 2.19. The van der Waals surface area contributed by atoms with Crippen LogP contribution >= 0.6 is 0 Å². The van der Waals surface area contributed by atoms with Gasteiger partial charge in [-0.15, -0.1) is 0 Å². The first-order valence-corrected chi connectivity index (χ1v) is 5.85. The topological polar surface area (TPSA) is 34.9 Å². The van der Waals surface area contributed by atoms with Gasteiger partial charge in [0.25, 0.3) is 0 Å². The van der Waals surface area contributed by atoms with Gasteiger partial charge < -0.3 is 0 Å². The van der Waals surface area contributed by atoms with E-state index in [1.807, 2.05) is 13.8 Å². The first-order valence-electron chi connectivity index (χ1n) is 5.85. The van der Waals surface area contributed by atoms with Gasteiger partial charge in [0.1, 0.15) is 5.82 Å². The fourth-order valence-corrected chi connectivity index (χ4v) is 1.93. The van der Waals surface area contributed by atoms with Gasteiger partial charge in [-0.25, -0.2) is 4.39 Å². The van der Waals surface area contributed by atoms with Crippen molar-refractivity contribution in [1.29, 1.82) is 0 Å². The molecule has 1 heterocycles. The summed E-state index contributed by atoms with van der Waals surface area (Å²) in [5.41, 5.74) is 1.42. The first-order chi connectivity index (χ1) is 8.52. The van der Waals surface area contributed by atoms with Crippen molar-refractivity contribution in [1.82, 2.24) is 9.78 Å². The van der Waals surface area contributed by atoms with Crippen molar-refractivity contribution in [3.8, 4) is 11.3 Å². The Hall–Kier alpha value is -1.97. The molecule has 2 rings (SSSR count). The second-order valence-corrected chi connectivity index (χ2v) is 4.48. The number of aromatic nitrogens is 2. The number of benzene rings is 1. The molecule has 0 aliphatic heterocycles. The largest absolute Gasteiger partial charge is 0.294 e. The van der Waals surface area contributed by atoms with Crippen LogP contribution in [0.2, 0.25) is 0 Å². The summed E-state index contributed by atoms with van der Waals surface area (Å²) in [5, 5.41) is 4.18. The third-order valence-electron chi connectivity index (χ3n) is 2.79. The van der Waals surface area contributed by atoms with Crippen molar-refractivity contribution >= 4 is 5.78 Å². The number of hydrogen-bond donors (Lipinski definition) is 0. The average Bonchev–Trinajstić information content (AvgIpc) is 2.74. The second-order valence-electron chi connectivity index (χ2n) is 4.48. The molecule has 0 aliphatic rings. The number of carbonyl (C=O) groups excluding carboxylic acids is 1. The zero-order valence-electron chi connectivity index (χ0n) is 10.6. The van der Waals surface area contributed by atoms with Gasteiger partial charge in [0.15, 0.2) is 5.78 Å². The lowest BCUT2D eigenvalue weighted by molar-refractivity contribution is 0.101. The maximum Gasteiger partial charge on any atom is 0.163 e. The molecular formula is C14H15FN2O. The summed E-state index contributed by atoms with van der Waals surface area (Å²) in [5.74, 6) is -0.456. The molecule has 18 heavy (non-hydrogen) atoms. The van der Waals surface area contributed by atoms with Gasteiger partial charge in [0.05, 0.1) is 17.5 Å². The molecule has 0 aliphatic carbocycles. The van der Waals surface area contributed by atoms with E-state index >= 15 is 0 Å². The standard InChI is InChI=1S/C14H15FN2O/c1-9(2)17-14(12(8-16-17)10(3)18)11-6-4-5-7-13(11)15/h4-9H,1-3H3. The minimum Gasteiger partial charge on any atom is -0.294 e. The van der Waals surface area contributed by atoms with Crippen molar-refractivity contribution in [2.75, 3.05) is 0 Å². The zero-order chi connectivity index (χ0) is 13.3. The molecule has 94 valence electrons. The monoisotopic (exact) mass is 246 g/mol. The van der Waals surface area contributed by atoms with Crippen LogP contribution in [0.25, 0.3) is 11.3 Å². The van der Waals surface area contributed by atoms with Gasteiger partial charge in [0.2, 0.25) is 0 Å². The molecule has 3 nitrogen and oxygen atoms in total. The lowest BCUT2D eigenvalue weighted by atomic mass is 10.0. The Labute approximate surface area is 105 Å². The van der Waals surface area contributed by atoms with Crippen LogP contribution in [0.1, 0.15) is 37.2 Å². The highest BCUT2D eigenvalue weighted by molar-refractivity contribution is 5.99. The quantitative estimate of drug-likeness (QED) is 0.777. The van der Waals surface area contributed by atoms with E-state index in [9.17, 15) is 9.18 Å². The van der Waals surface area contributed by atoms with Crippen LogP contribution in [0.3, 0.4) is 0 Å². The van der Waals surface area contributed by atoms with Crippen LogP contribution in [-0.2, 0) is 0 Å². The molecule has 0 spiro atoms. The molecule has 0 amide bonds. The number of hydrogen-bond acceptors (Lipinski definition) is 2. The molecule has 0 N–H and O–H groups in total. The highest BCUT2D eigenvalue weighted by Crippen LogP contribution is 2.28. The van der Waals surface area contributed by atoms with Crippen LogP contribution < -0.4 is 0 Å². The SMILES string of the molecule is CC(=O)c1cnn(C(C)C)c1-c1ccccc1F. The minimum atomic E-state index is -0.345. The van der Waals surface area contributed by atoms with Crippen molar-refractivity contribution in [2.24, 2.45) is 0 Å². The highest BCUT2D eigenvalue weighted by atomic mass is 19.1. The average molecular weight is 246 g/mol. The summed E-state index contributed by atoms with van der Waals surface area (Å²) >= 11 is 0. The molecule has 0 bridgehead atoms. The predicted molar refractivity (Wildman–Crippen MR) is 68.0 cm³/mol. The third-order valence-corrected chi connectivity index (χ3v) is 2.79. The maximum absolute atomic E-state index is 13.9. The molecule has 0 saturated carbocycles. The number of nitrogens with zero attached hydrogens (tertiary/aromatic N) is 2. The van der Waals surface area contributed by atoms with E-state index in [0.717, 1.165) is 0 Å². The molecule has 1 aromatic carbocycles.